The molecule has 10 heteroatoms. The van der Waals surface area contributed by atoms with Crippen molar-refractivity contribution in [1.82, 2.24) is 30.1 Å². The smallest absolute Gasteiger partial charge is 0.270 e. The SMILES string of the molecule is CN1CCN(Cc2ccc(-c3cnc(Nc4ccc(C#Cc5cccc(C(=O)NC6CC6)n5)cc4)nc3N=C3CCC(O)CC3)cc2)CC1. The van der Waals surface area contributed by atoms with E-state index in [1.807, 2.05) is 30.5 Å². The van der Waals surface area contributed by atoms with E-state index in [9.17, 15) is 9.90 Å². The summed E-state index contributed by atoms with van der Waals surface area (Å²) in [4.78, 5) is 36.2. The first-order valence-corrected chi connectivity index (χ1v) is 17.2. The second-order valence-corrected chi connectivity index (χ2v) is 13.2. The number of aliphatic hydroxyl groups is 1. The predicted molar refractivity (Wildman–Crippen MR) is 192 cm³/mol. The number of hydrogen-bond acceptors (Lipinski definition) is 9. The first-order chi connectivity index (χ1) is 23.9. The number of aliphatic hydroxyl groups excluding tert-OH is 1. The lowest BCUT2D eigenvalue weighted by Gasteiger charge is -2.32. The molecule has 250 valence electrons. The number of aromatic nitrogens is 3. The van der Waals surface area contributed by atoms with Crippen LogP contribution in [0.25, 0.3) is 11.1 Å². The van der Waals surface area contributed by atoms with Gasteiger partial charge in [-0.25, -0.2) is 15.0 Å². The molecule has 2 aromatic heterocycles. The summed E-state index contributed by atoms with van der Waals surface area (Å²) in [6.45, 7) is 5.31. The van der Waals surface area contributed by atoms with E-state index in [0.29, 0.717) is 23.2 Å². The van der Waals surface area contributed by atoms with Gasteiger partial charge in [0.05, 0.1) is 6.10 Å². The summed E-state index contributed by atoms with van der Waals surface area (Å²) in [5.41, 5.74) is 6.81. The monoisotopic (exact) mass is 654 g/mol. The maximum absolute atomic E-state index is 12.4. The van der Waals surface area contributed by atoms with Gasteiger partial charge in [-0.3, -0.25) is 9.69 Å². The summed E-state index contributed by atoms with van der Waals surface area (Å²) >= 11 is 0. The molecule has 3 aliphatic rings. The van der Waals surface area contributed by atoms with Crippen LogP contribution in [0.1, 0.15) is 65.8 Å². The van der Waals surface area contributed by atoms with Crippen LogP contribution in [-0.4, -0.2) is 86.8 Å². The van der Waals surface area contributed by atoms with Crippen LogP contribution in [0.15, 0.2) is 77.9 Å². The number of likely N-dealkylation sites (N-methyl/N-ethyl adjacent to an activating group) is 1. The van der Waals surface area contributed by atoms with Crippen LogP contribution in [0.2, 0.25) is 0 Å². The van der Waals surface area contributed by atoms with E-state index in [1.165, 1.54) is 5.56 Å². The van der Waals surface area contributed by atoms with E-state index >= 15 is 0 Å². The first-order valence-electron chi connectivity index (χ1n) is 17.2. The van der Waals surface area contributed by atoms with Crippen molar-refractivity contribution >= 4 is 29.1 Å². The Morgan fingerprint density at radius 2 is 1.67 bits per heavy atom. The summed E-state index contributed by atoms with van der Waals surface area (Å²) < 4.78 is 0. The van der Waals surface area contributed by atoms with Crippen LogP contribution in [0.4, 0.5) is 17.5 Å². The molecule has 3 fully saturated rings. The molecule has 1 aliphatic heterocycles. The van der Waals surface area contributed by atoms with Crippen LogP contribution < -0.4 is 10.6 Å². The van der Waals surface area contributed by atoms with Gasteiger partial charge in [0.1, 0.15) is 11.4 Å². The Bertz CT molecular complexity index is 1860. The summed E-state index contributed by atoms with van der Waals surface area (Å²) in [6.07, 6.45) is 6.59. The Labute approximate surface area is 287 Å². The van der Waals surface area contributed by atoms with Crippen LogP contribution in [-0.2, 0) is 6.54 Å². The van der Waals surface area contributed by atoms with E-state index in [0.717, 1.165) is 99.3 Å². The standard InChI is InChI=1S/C39H42N8O2/c1-46-21-23-47(24-22-46)26-28-5-10-29(11-6-28)35-25-40-39(45-37(35)42-31-17-19-34(48)20-18-31)44-33-13-8-27(9-14-33)7-12-30-3-2-4-36(41-30)38(49)43-32-15-16-32/h2-6,8-11,13-14,25,32,34,48H,15-24,26H2,1H3,(H,43,49)(H,40,44,45). The van der Waals surface area contributed by atoms with Gasteiger partial charge >= 0.3 is 0 Å². The second kappa shape index (κ2) is 15.1. The van der Waals surface area contributed by atoms with Crippen molar-refractivity contribution < 1.29 is 9.90 Å². The van der Waals surface area contributed by atoms with Gasteiger partial charge in [0.15, 0.2) is 5.82 Å². The lowest BCUT2D eigenvalue weighted by molar-refractivity contribution is 0.0946. The van der Waals surface area contributed by atoms with Gasteiger partial charge in [-0.1, -0.05) is 36.3 Å². The summed E-state index contributed by atoms with van der Waals surface area (Å²) in [7, 11) is 2.18. The summed E-state index contributed by atoms with van der Waals surface area (Å²) in [5.74, 6) is 7.13. The minimum absolute atomic E-state index is 0.154. The zero-order valence-corrected chi connectivity index (χ0v) is 27.9. The van der Waals surface area contributed by atoms with Gasteiger partial charge < -0.3 is 20.6 Å². The molecule has 1 saturated heterocycles. The zero-order chi connectivity index (χ0) is 33.6. The van der Waals surface area contributed by atoms with Gasteiger partial charge in [0.2, 0.25) is 5.95 Å². The van der Waals surface area contributed by atoms with Crippen molar-refractivity contribution in [2.75, 3.05) is 38.5 Å². The molecule has 1 amide bonds. The normalized spacial score (nSPS) is 18.3. The van der Waals surface area contributed by atoms with Crippen LogP contribution in [0, 0.1) is 11.8 Å². The highest BCUT2D eigenvalue weighted by Crippen LogP contribution is 2.32. The number of carbonyl (C=O) groups is 1. The second-order valence-electron chi connectivity index (χ2n) is 13.2. The summed E-state index contributed by atoms with van der Waals surface area (Å²) in [5, 5.41) is 16.3. The number of nitrogens with one attached hydrogen (secondary N) is 2. The van der Waals surface area contributed by atoms with E-state index in [2.05, 4.69) is 73.6 Å². The van der Waals surface area contributed by atoms with E-state index < -0.39 is 0 Å². The lowest BCUT2D eigenvalue weighted by atomic mass is 9.96. The predicted octanol–water partition coefficient (Wildman–Crippen LogP) is 5.33. The van der Waals surface area contributed by atoms with Gasteiger partial charge in [-0.05, 0) is 99.0 Å². The molecule has 7 rings (SSSR count). The third-order valence-corrected chi connectivity index (χ3v) is 9.20. The lowest BCUT2D eigenvalue weighted by Crippen LogP contribution is -2.43. The number of hydrogen-bond donors (Lipinski definition) is 3. The summed E-state index contributed by atoms with van der Waals surface area (Å²) in [6, 6.07) is 22.0. The zero-order valence-electron chi connectivity index (χ0n) is 27.9. The number of piperazine rings is 1. The molecule has 10 nitrogen and oxygen atoms in total. The molecule has 0 spiro atoms. The molecule has 0 bridgehead atoms. The Kier molecular flexibility index (Phi) is 10.0. The number of benzene rings is 2. The molecule has 3 heterocycles. The highest BCUT2D eigenvalue weighted by atomic mass is 16.3. The van der Waals surface area contributed by atoms with Crippen molar-refractivity contribution in [2.45, 2.75) is 57.2 Å². The Morgan fingerprint density at radius 1 is 0.918 bits per heavy atom. The van der Waals surface area contributed by atoms with Crippen LogP contribution in [0.5, 0.6) is 0 Å². The van der Waals surface area contributed by atoms with Gasteiger partial charge in [-0.2, -0.15) is 4.98 Å². The number of rotatable bonds is 8. The quantitative estimate of drug-likeness (QED) is 0.218. The number of anilines is 2. The number of amides is 1. The Balaban J connectivity index is 1.06. The number of pyridine rings is 1. The molecule has 4 aromatic rings. The third-order valence-electron chi connectivity index (χ3n) is 9.20. The highest BCUT2D eigenvalue weighted by molar-refractivity contribution is 5.92. The largest absolute Gasteiger partial charge is 0.393 e. The maximum Gasteiger partial charge on any atom is 0.270 e. The molecule has 2 aliphatic carbocycles. The highest BCUT2D eigenvalue weighted by Gasteiger charge is 2.24. The van der Waals surface area contributed by atoms with E-state index in [4.69, 9.17) is 9.98 Å². The molecule has 2 aromatic carbocycles. The molecular formula is C39H42N8O2. The average Bonchev–Trinajstić information content (AvgIpc) is 3.95. The molecule has 3 N–H and O–H groups in total. The maximum atomic E-state index is 12.4. The van der Waals surface area contributed by atoms with Crippen molar-refractivity contribution in [3.05, 3.63) is 95.4 Å². The van der Waals surface area contributed by atoms with E-state index in [-0.39, 0.29) is 18.1 Å². The third kappa shape index (κ3) is 8.95. The van der Waals surface area contributed by atoms with E-state index in [1.54, 1.807) is 18.2 Å². The van der Waals surface area contributed by atoms with Crippen molar-refractivity contribution in [3.8, 4) is 23.0 Å². The Hall–Kier alpha value is -4.95. The van der Waals surface area contributed by atoms with Gasteiger partial charge in [0, 0.05) is 67.5 Å². The number of carbonyl (C=O) groups excluding carboxylic acids is 1. The minimum atomic E-state index is -0.263. The number of nitrogens with zero attached hydrogens (tertiary/aromatic N) is 6. The molecule has 49 heavy (non-hydrogen) atoms. The van der Waals surface area contributed by atoms with Crippen molar-refractivity contribution in [1.29, 1.82) is 0 Å². The van der Waals surface area contributed by atoms with Gasteiger partial charge in [0.25, 0.3) is 5.91 Å². The first kappa shape index (κ1) is 32.6. The molecule has 2 saturated carbocycles. The molecule has 0 atom stereocenters. The average molecular weight is 655 g/mol. The molecule has 0 radical (unpaired) electrons. The number of aliphatic imine (C=N–C) groups is 1. The van der Waals surface area contributed by atoms with Crippen LogP contribution >= 0.6 is 0 Å². The Morgan fingerprint density at radius 3 is 2.41 bits per heavy atom. The topological polar surface area (TPSA) is 119 Å². The van der Waals surface area contributed by atoms with Crippen molar-refractivity contribution in [2.24, 2.45) is 4.99 Å². The molecule has 0 unspecified atom stereocenters. The molecular weight excluding hydrogens is 612 g/mol. The fraction of sp³-hybridized carbons (Fsp3) is 0.359. The fourth-order valence-electron chi connectivity index (χ4n) is 5.99. The van der Waals surface area contributed by atoms with Crippen LogP contribution in [0.3, 0.4) is 0 Å². The minimum Gasteiger partial charge on any atom is -0.393 e. The fourth-order valence-corrected chi connectivity index (χ4v) is 5.99. The van der Waals surface area contributed by atoms with Crippen molar-refractivity contribution in [3.63, 3.8) is 0 Å². The van der Waals surface area contributed by atoms with Gasteiger partial charge in [-0.15, -0.1) is 0 Å².